The van der Waals surface area contributed by atoms with Gasteiger partial charge in [-0.3, -0.25) is 4.79 Å². The van der Waals surface area contributed by atoms with E-state index in [1.165, 1.54) is 6.07 Å². The lowest BCUT2D eigenvalue weighted by Gasteiger charge is -2.09. The first-order chi connectivity index (χ1) is 13.1. The Kier molecular flexibility index (Phi) is 4.53. The van der Waals surface area contributed by atoms with E-state index in [0.717, 1.165) is 29.9 Å². The van der Waals surface area contributed by atoms with Crippen LogP contribution in [0.2, 0.25) is 0 Å². The third-order valence-electron chi connectivity index (χ3n) is 4.44. The number of anilines is 2. The third kappa shape index (κ3) is 3.94. The van der Waals surface area contributed by atoms with Crippen molar-refractivity contribution in [1.29, 1.82) is 0 Å². The van der Waals surface area contributed by atoms with Gasteiger partial charge in [-0.1, -0.05) is 6.07 Å². The van der Waals surface area contributed by atoms with Crippen LogP contribution in [0.1, 0.15) is 24.4 Å². The van der Waals surface area contributed by atoms with Crippen molar-refractivity contribution in [2.45, 2.75) is 25.8 Å². The van der Waals surface area contributed by atoms with Crippen LogP contribution in [-0.4, -0.2) is 32.7 Å². The molecule has 7 nitrogen and oxygen atoms in total. The molecular weight excluding hydrogens is 347 g/mol. The van der Waals surface area contributed by atoms with Gasteiger partial charge in [-0.25, -0.2) is 9.07 Å². The Balaban J connectivity index is 1.35. The highest BCUT2D eigenvalue weighted by Gasteiger charge is 2.28. The van der Waals surface area contributed by atoms with E-state index in [2.05, 4.69) is 26.2 Å². The summed E-state index contributed by atoms with van der Waals surface area (Å²) >= 11 is 0. The summed E-state index contributed by atoms with van der Waals surface area (Å²) in [4.78, 5) is 12.0. The van der Waals surface area contributed by atoms with E-state index in [1.807, 2.05) is 28.9 Å². The minimum atomic E-state index is -0.343. The van der Waals surface area contributed by atoms with Gasteiger partial charge in [0.05, 0.1) is 12.6 Å². The van der Waals surface area contributed by atoms with Gasteiger partial charge < -0.3 is 10.6 Å². The van der Waals surface area contributed by atoms with Crippen molar-refractivity contribution < 1.29 is 9.18 Å². The number of carbonyl (C=O) groups excluding carboxylic acids is 1. The van der Waals surface area contributed by atoms with Crippen LogP contribution >= 0.6 is 0 Å². The van der Waals surface area contributed by atoms with E-state index in [-0.39, 0.29) is 18.3 Å². The van der Waals surface area contributed by atoms with Gasteiger partial charge >= 0.3 is 0 Å². The molecular formula is C19H19FN6O. The standard InChI is InChI=1S/C19H19FN6O/c1-12-2-5-15(10-17(12)20)22-18(27)11-21-14-6-3-13(4-7-14)19-23-24-25-26(19)16-8-9-16/h2-7,10,16,21H,8-9,11H2,1H3,(H,22,27). The van der Waals surface area contributed by atoms with E-state index in [1.54, 1.807) is 19.1 Å². The molecule has 0 radical (unpaired) electrons. The molecule has 8 heteroatoms. The highest BCUT2D eigenvalue weighted by Crippen LogP contribution is 2.36. The molecule has 27 heavy (non-hydrogen) atoms. The number of halogens is 1. The van der Waals surface area contributed by atoms with E-state index in [4.69, 9.17) is 0 Å². The molecule has 1 heterocycles. The van der Waals surface area contributed by atoms with Crippen molar-refractivity contribution in [1.82, 2.24) is 20.2 Å². The van der Waals surface area contributed by atoms with Crippen molar-refractivity contribution in [2.24, 2.45) is 0 Å². The van der Waals surface area contributed by atoms with Crippen molar-refractivity contribution in [3.63, 3.8) is 0 Å². The van der Waals surface area contributed by atoms with E-state index in [9.17, 15) is 9.18 Å². The summed E-state index contributed by atoms with van der Waals surface area (Å²) in [7, 11) is 0. The molecule has 0 aliphatic heterocycles. The molecule has 1 saturated carbocycles. The monoisotopic (exact) mass is 366 g/mol. The Hall–Kier alpha value is -3.29. The molecule has 1 amide bonds. The number of hydrogen-bond donors (Lipinski definition) is 2. The van der Waals surface area contributed by atoms with Crippen LogP contribution in [0.15, 0.2) is 42.5 Å². The maximum atomic E-state index is 13.5. The number of nitrogens with one attached hydrogen (secondary N) is 2. The maximum Gasteiger partial charge on any atom is 0.243 e. The van der Waals surface area contributed by atoms with Crippen LogP contribution in [-0.2, 0) is 4.79 Å². The molecule has 0 bridgehead atoms. The van der Waals surface area contributed by atoms with Crippen LogP contribution in [0.4, 0.5) is 15.8 Å². The number of nitrogens with zero attached hydrogens (tertiary/aromatic N) is 4. The van der Waals surface area contributed by atoms with Crippen molar-refractivity contribution >= 4 is 17.3 Å². The molecule has 1 aromatic heterocycles. The number of rotatable bonds is 6. The summed E-state index contributed by atoms with van der Waals surface area (Å²) in [6, 6.07) is 12.6. The highest BCUT2D eigenvalue weighted by atomic mass is 19.1. The predicted molar refractivity (Wildman–Crippen MR) is 99.8 cm³/mol. The molecule has 1 aliphatic carbocycles. The van der Waals surface area contributed by atoms with Crippen molar-refractivity contribution in [2.75, 3.05) is 17.2 Å². The molecule has 0 atom stereocenters. The lowest BCUT2D eigenvalue weighted by atomic mass is 10.2. The zero-order valence-electron chi connectivity index (χ0n) is 14.8. The number of tetrazole rings is 1. The Morgan fingerprint density at radius 3 is 2.63 bits per heavy atom. The summed E-state index contributed by atoms with van der Waals surface area (Å²) in [5.74, 6) is 0.160. The maximum absolute atomic E-state index is 13.5. The fourth-order valence-electron chi connectivity index (χ4n) is 2.74. The first-order valence-electron chi connectivity index (χ1n) is 8.78. The number of amides is 1. The molecule has 138 valence electrons. The highest BCUT2D eigenvalue weighted by molar-refractivity contribution is 5.93. The van der Waals surface area contributed by atoms with Crippen LogP contribution < -0.4 is 10.6 Å². The minimum absolute atomic E-state index is 0.0780. The molecule has 2 N–H and O–H groups in total. The lowest BCUT2D eigenvalue weighted by Crippen LogP contribution is -2.21. The van der Waals surface area contributed by atoms with Crippen LogP contribution in [0.25, 0.3) is 11.4 Å². The Labute approximate surface area is 155 Å². The molecule has 0 spiro atoms. The molecule has 1 aliphatic rings. The summed E-state index contributed by atoms with van der Waals surface area (Å²) in [5, 5.41) is 17.6. The van der Waals surface area contributed by atoms with Gasteiger partial charge in [-0.15, -0.1) is 5.10 Å². The topological polar surface area (TPSA) is 84.7 Å². The quantitative estimate of drug-likeness (QED) is 0.700. The van der Waals surface area contributed by atoms with Gasteiger partial charge in [0, 0.05) is 16.9 Å². The molecule has 3 aromatic rings. The van der Waals surface area contributed by atoms with Crippen molar-refractivity contribution in [3.05, 3.63) is 53.8 Å². The Bertz CT molecular complexity index is 965. The third-order valence-corrected chi connectivity index (χ3v) is 4.44. The number of benzene rings is 2. The van der Waals surface area contributed by atoms with Crippen LogP contribution in [0, 0.1) is 12.7 Å². The fourth-order valence-corrected chi connectivity index (χ4v) is 2.74. The Morgan fingerprint density at radius 2 is 1.93 bits per heavy atom. The lowest BCUT2D eigenvalue weighted by molar-refractivity contribution is -0.114. The van der Waals surface area contributed by atoms with Crippen LogP contribution in [0.3, 0.4) is 0 Å². The molecule has 1 fully saturated rings. The molecule has 4 rings (SSSR count). The second-order valence-corrected chi connectivity index (χ2v) is 6.62. The van der Waals surface area contributed by atoms with Gasteiger partial charge in [0.15, 0.2) is 5.82 Å². The number of hydrogen-bond acceptors (Lipinski definition) is 5. The number of aromatic nitrogens is 4. The normalized spacial score (nSPS) is 13.4. The predicted octanol–water partition coefficient (Wildman–Crippen LogP) is 3.17. The second kappa shape index (κ2) is 7.14. The fraction of sp³-hybridized carbons (Fsp3) is 0.263. The minimum Gasteiger partial charge on any atom is -0.376 e. The molecule has 0 unspecified atom stereocenters. The second-order valence-electron chi connectivity index (χ2n) is 6.62. The first kappa shape index (κ1) is 17.1. The van der Waals surface area contributed by atoms with Crippen LogP contribution in [0.5, 0.6) is 0 Å². The van der Waals surface area contributed by atoms with E-state index >= 15 is 0 Å². The zero-order chi connectivity index (χ0) is 18.8. The van der Waals surface area contributed by atoms with Gasteiger partial charge in [-0.05, 0) is 72.2 Å². The smallest absolute Gasteiger partial charge is 0.243 e. The zero-order valence-corrected chi connectivity index (χ0v) is 14.8. The van der Waals surface area contributed by atoms with E-state index in [0.29, 0.717) is 17.3 Å². The first-order valence-corrected chi connectivity index (χ1v) is 8.78. The summed E-state index contributed by atoms with van der Waals surface area (Å²) in [6.07, 6.45) is 2.22. The summed E-state index contributed by atoms with van der Waals surface area (Å²) in [6.45, 7) is 1.75. The van der Waals surface area contributed by atoms with Gasteiger partial charge in [-0.2, -0.15) is 0 Å². The van der Waals surface area contributed by atoms with E-state index < -0.39 is 0 Å². The van der Waals surface area contributed by atoms with Crippen molar-refractivity contribution in [3.8, 4) is 11.4 Å². The molecule has 2 aromatic carbocycles. The van der Waals surface area contributed by atoms with Gasteiger partial charge in [0.2, 0.25) is 5.91 Å². The summed E-state index contributed by atoms with van der Waals surface area (Å²) in [5.41, 5.74) is 2.71. The Morgan fingerprint density at radius 1 is 1.19 bits per heavy atom. The van der Waals surface area contributed by atoms with Gasteiger partial charge in [0.1, 0.15) is 5.82 Å². The molecule has 0 saturated heterocycles. The number of aryl methyl sites for hydroxylation is 1. The average molecular weight is 366 g/mol. The largest absolute Gasteiger partial charge is 0.376 e. The van der Waals surface area contributed by atoms with Gasteiger partial charge in [0.25, 0.3) is 0 Å². The number of carbonyl (C=O) groups is 1. The average Bonchev–Trinajstić information content (AvgIpc) is 3.40. The summed E-state index contributed by atoms with van der Waals surface area (Å²) < 4.78 is 15.4. The SMILES string of the molecule is Cc1ccc(NC(=O)CNc2ccc(-c3nnnn3C3CC3)cc2)cc1F.